The summed E-state index contributed by atoms with van der Waals surface area (Å²) in [7, 11) is -2.25. The lowest BCUT2D eigenvalue weighted by Gasteiger charge is -2.09. The molecule has 8 nitrogen and oxygen atoms in total. The number of amides is 1. The van der Waals surface area contributed by atoms with E-state index in [-0.39, 0.29) is 10.7 Å². The molecule has 0 radical (unpaired) electrons. The van der Waals surface area contributed by atoms with E-state index in [4.69, 9.17) is 0 Å². The number of aryl methyl sites for hydroxylation is 2. The molecule has 1 amide bonds. The minimum atomic E-state index is -3.57. The van der Waals surface area contributed by atoms with Crippen LogP contribution < -0.4 is 10.0 Å². The van der Waals surface area contributed by atoms with Gasteiger partial charge in [-0.1, -0.05) is 6.07 Å². The smallest absolute Gasteiger partial charge is 0.295 e. The molecule has 0 unspecified atom stereocenters. The lowest BCUT2D eigenvalue weighted by molar-refractivity contribution is 0.101. The molecule has 2 aromatic rings. The molecule has 9 heteroatoms. The molecule has 112 valence electrons. The first-order valence-electron chi connectivity index (χ1n) is 6.08. The van der Waals surface area contributed by atoms with Gasteiger partial charge in [-0.3, -0.25) is 9.89 Å². The van der Waals surface area contributed by atoms with Crippen LogP contribution in [0.3, 0.4) is 0 Å². The van der Waals surface area contributed by atoms with Crippen molar-refractivity contribution < 1.29 is 13.2 Å². The summed E-state index contributed by atoms with van der Waals surface area (Å²) in [5, 5.41) is 8.92. The highest BCUT2D eigenvalue weighted by Crippen LogP contribution is 2.20. The average Bonchev–Trinajstić information content (AvgIpc) is 2.87. The Morgan fingerprint density at radius 1 is 1.29 bits per heavy atom. The second-order valence-corrected chi connectivity index (χ2v) is 6.27. The molecule has 1 aromatic carbocycles. The van der Waals surface area contributed by atoms with Gasteiger partial charge in [-0.15, -0.1) is 5.10 Å². The Morgan fingerprint density at radius 2 is 2.00 bits per heavy atom. The number of aromatic nitrogens is 3. The van der Waals surface area contributed by atoms with Gasteiger partial charge >= 0.3 is 0 Å². The molecule has 0 fully saturated rings. The summed E-state index contributed by atoms with van der Waals surface area (Å²) in [6, 6.07) is 4.47. The van der Waals surface area contributed by atoms with Gasteiger partial charge in [0.15, 0.2) is 0 Å². The van der Waals surface area contributed by atoms with Gasteiger partial charge in [-0.05, 0) is 38.6 Å². The number of nitrogens with one attached hydrogen (secondary N) is 3. The summed E-state index contributed by atoms with van der Waals surface area (Å²) >= 11 is 0. The Kier molecular flexibility index (Phi) is 4.05. The number of anilines is 1. The molecule has 1 aromatic heterocycles. The van der Waals surface area contributed by atoms with Crippen molar-refractivity contribution >= 4 is 21.6 Å². The number of carbonyl (C=O) groups excluding carboxylic acids is 1. The number of rotatable bonds is 4. The van der Waals surface area contributed by atoms with Gasteiger partial charge in [0.25, 0.3) is 5.91 Å². The molecule has 0 saturated carbocycles. The Bertz CT molecular complexity index is 782. The van der Waals surface area contributed by atoms with Crippen molar-refractivity contribution in [3.8, 4) is 0 Å². The van der Waals surface area contributed by atoms with Gasteiger partial charge in [0.05, 0.1) is 4.90 Å². The molecule has 0 aliphatic heterocycles. The van der Waals surface area contributed by atoms with Crippen LogP contribution in [0.25, 0.3) is 0 Å². The van der Waals surface area contributed by atoms with Crippen LogP contribution >= 0.6 is 0 Å². The zero-order valence-corrected chi connectivity index (χ0v) is 12.6. The van der Waals surface area contributed by atoms with Gasteiger partial charge in [-0.2, -0.15) is 0 Å². The molecule has 21 heavy (non-hydrogen) atoms. The van der Waals surface area contributed by atoms with Crippen molar-refractivity contribution in [2.75, 3.05) is 12.4 Å². The van der Waals surface area contributed by atoms with E-state index in [0.717, 1.165) is 5.56 Å². The first-order valence-corrected chi connectivity index (χ1v) is 7.56. The van der Waals surface area contributed by atoms with Crippen LogP contribution in [0.15, 0.2) is 23.1 Å². The molecule has 0 atom stereocenters. The first-order chi connectivity index (χ1) is 9.83. The lowest BCUT2D eigenvalue weighted by Crippen LogP contribution is -2.19. The fourth-order valence-electron chi connectivity index (χ4n) is 1.64. The number of benzene rings is 1. The van der Waals surface area contributed by atoms with E-state index in [1.807, 2.05) is 0 Å². The summed E-state index contributed by atoms with van der Waals surface area (Å²) in [5.41, 5.74) is 1.12. The maximum atomic E-state index is 12.0. The molecular weight excluding hydrogens is 294 g/mol. The predicted octanol–water partition coefficient (Wildman–Crippen LogP) is 0.582. The molecule has 2 rings (SSSR count). The maximum absolute atomic E-state index is 12.0. The van der Waals surface area contributed by atoms with Crippen LogP contribution in [0.4, 0.5) is 5.69 Å². The third-order valence-corrected chi connectivity index (χ3v) is 4.25. The SMILES string of the molecule is CNS(=O)(=O)c1ccc(C)c(NC(=O)c2n[nH]c(C)n2)c1. The van der Waals surface area contributed by atoms with E-state index in [2.05, 4.69) is 25.2 Å². The van der Waals surface area contributed by atoms with E-state index in [0.29, 0.717) is 11.5 Å². The normalized spacial score (nSPS) is 11.4. The third-order valence-electron chi connectivity index (χ3n) is 2.84. The third kappa shape index (κ3) is 3.26. The zero-order chi connectivity index (χ0) is 15.6. The summed E-state index contributed by atoms with van der Waals surface area (Å²) in [6.07, 6.45) is 0. The summed E-state index contributed by atoms with van der Waals surface area (Å²) in [6.45, 7) is 3.43. The van der Waals surface area contributed by atoms with Gasteiger partial charge in [0.1, 0.15) is 5.82 Å². The highest BCUT2D eigenvalue weighted by Gasteiger charge is 2.16. The van der Waals surface area contributed by atoms with Crippen molar-refractivity contribution in [1.29, 1.82) is 0 Å². The minimum absolute atomic E-state index is 0.00576. The Hall–Kier alpha value is -2.26. The van der Waals surface area contributed by atoms with E-state index >= 15 is 0 Å². The Morgan fingerprint density at radius 3 is 2.57 bits per heavy atom. The molecule has 0 aliphatic carbocycles. The molecule has 3 N–H and O–H groups in total. The summed E-state index contributed by atoms with van der Waals surface area (Å²) in [4.78, 5) is 16.0. The molecule has 0 spiro atoms. The summed E-state index contributed by atoms with van der Waals surface area (Å²) < 4.78 is 25.8. The summed E-state index contributed by atoms with van der Waals surface area (Å²) in [5.74, 6) is -0.00128. The molecule has 0 bridgehead atoms. The maximum Gasteiger partial charge on any atom is 0.295 e. The molecule has 0 saturated heterocycles. The number of hydrogen-bond donors (Lipinski definition) is 3. The molecule has 1 heterocycles. The van der Waals surface area contributed by atoms with Crippen LogP contribution in [0, 0.1) is 13.8 Å². The largest absolute Gasteiger partial charge is 0.319 e. The number of sulfonamides is 1. The Labute approximate surface area is 122 Å². The van der Waals surface area contributed by atoms with Crippen LogP contribution in [0.1, 0.15) is 22.0 Å². The topological polar surface area (TPSA) is 117 Å². The van der Waals surface area contributed by atoms with Gasteiger partial charge in [0, 0.05) is 5.69 Å². The van der Waals surface area contributed by atoms with Crippen LogP contribution in [0.2, 0.25) is 0 Å². The van der Waals surface area contributed by atoms with Crippen LogP contribution in [-0.4, -0.2) is 36.6 Å². The average molecular weight is 309 g/mol. The fraction of sp³-hybridized carbons (Fsp3) is 0.250. The zero-order valence-electron chi connectivity index (χ0n) is 11.8. The van der Waals surface area contributed by atoms with Crippen LogP contribution in [-0.2, 0) is 10.0 Å². The van der Waals surface area contributed by atoms with E-state index < -0.39 is 15.9 Å². The number of H-pyrrole nitrogens is 1. The Balaban J connectivity index is 2.32. The minimum Gasteiger partial charge on any atom is -0.319 e. The van der Waals surface area contributed by atoms with Gasteiger partial charge in [-0.25, -0.2) is 18.1 Å². The van der Waals surface area contributed by atoms with E-state index in [1.165, 1.54) is 19.2 Å². The molecule has 0 aliphatic rings. The lowest BCUT2D eigenvalue weighted by atomic mass is 10.2. The van der Waals surface area contributed by atoms with Crippen molar-refractivity contribution in [2.45, 2.75) is 18.7 Å². The standard InChI is InChI=1S/C12H15N5O3S/c1-7-4-5-9(21(19,20)13-3)6-10(7)15-12(18)11-14-8(2)16-17-11/h4-6,13H,1-3H3,(H,15,18)(H,14,16,17). The van der Waals surface area contributed by atoms with Crippen molar-refractivity contribution in [2.24, 2.45) is 0 Å². The number of aromatic amines is 1. The van der Waals surface area contributed by atoms with Crippen molar-refractivity contribution in [1.82, 2.24) is 19.9 Å². The van der Waals surface area contributed by atoms with E-state index in [9.17, 15) is 13.2 Å². The van der Waals surface area contributed by atoms with Crippen LogP contribution in [0.5, 0.6) is 0 Å². The van der Waals surface area contributed by atoms with Crippen molar-refractivity contribution in [3.05, 3.63) is 35.4 Å². The first kappa shape index (κ1) is 15.1. The highest BCUT2D eigenvalue weighted by molar-refractivity contribution is 7.89. The van der Waals surface area contributed by atoms with Gasteiger partial charge in [0.2, 0.25) is 15.8 Å². The fourth-order valence-corrected chi connectivity index (χ4v) is 2.40. The van der Waals surface area contributed by atoms with E-state index in [1.54, 1.807) is 19.9 Å². The number of carbonyl (C=O) groups is 1. The highest BCUT2D eigenvalue weighted by atomic mass is 32.2. The van der Waals surface area contributed by atoms with Gasteiger partial charge < -0.3 is 5.32 Å². The quantitative estimate of drug-likeness (QED) is 0.764. The number of nitrogens with zero attached hydrogens (tertiary/aromatic N) is 2. The second kappa shape index (κ2) is 5.62. The number of hydrogen-bond acceptors (Lipinski definition) is 5. The second-order valence-electron chi connectivity index (χ2n) is 4.38. The predicted molar refractivity (Wildman–Crippen MR) is 76.5 cm³/mol. The van der Waals surface area contributed by atoms with Crippen molar-refractivity contribution in [3.63, 3.8) is 0 Å². The monoisotopic (exact) mass is 309 g/mol. The molecular formula is C12H15N5O3S.